The maximum atomic E-state index is 13.7. The molecular formula is C29H25BrN4O2. The predicted molar refractivity (Wildman–Crippen MR) is 145 cm³/mol. The summed E-state index contributed by atoms with van der Waals surface area (Å²) in [5, 5.41) is 8.60. The van der Waals surface area contributed by atoms with Crippen LogP contribution in [0.3, 0.4) is 0 Å². The van der Waals surface area contributed by atoms with Crippen LogP contribution in [0, 0.1) is 0 Å². The number of para-hydroxylation sites is 1. The molecule has 0 spiro atoms. The lowest BCUT2D eigenvalue weighted by atomic mass is 9.75. The quantitative estimate of drug-likeness (QED) is 0.329. The minimum Gasteiger partial charge on any atom is -0.362 e. The third-order valence-electron chi connectivity index (χ3n) is 7.26. The molecule has 0 unspecified atom stereocenters. The van der Waals surface area contributed by atoms with Crippen molar-refractivity contribution in [3.63, 3.8) is 0 Å². The molecule has 2 aromatic heterocycles. The van der Waals surface area contributed by atoms with E-state index in [1.807, 2.05) is 25.1 Å². The first-order chi connectivity index (χ1) is 17.4. The van der Waals surface area contributed by atoms with Crippen molar-refractivity contribution in [3.05, 3.63) is 93.4 Å². The molecule has 1 aliphatic heterocycles. The average Bonchev–Trinajstić information content (AvgIpc) is 3.16. The number of rotatable bonds is 3. The van der Waals surface area contributed by atoms with E-state index in [1.165, 1.54) is 0 Å². The number of halogens is 1. The Morgan fingerprint density at radius 3 is 2.69 bits per heavy atom. The van der Waals surface area contributed by atoms with Gasteiger partial charge in [-0.3, -0.25) is 9.59 Å². The predicted octanol–water partition coefficient (Wildman–Crippen LogP) is 6.10. The van der Waals surface area contributed by atoms with Crippen molar-refractivity contribution in [2.45, 2.75) is 32.1 Å². The second-order valence-corrected chi connectivity index (χ2v) is 10.3. The molecular weight excluding hydrogens is 516 g/mol. The first kappa shape index (κ1) is 22.7. The maximum absolute atomic E-state index is 13.7. The zero-order chi connectivity index (χ0) is 25.0. The topological polar surface area (TPSA) is 76.0 Å². The monoisotopic (exact) mass is 540 g/mol. The highest BCUT2D eigenvalue weighted by Crippen LogP contribution is 2.43. The molecule has 36 heavy (non-hydrogen) atoms. The number of ketones is 1. The van der Waals surface area contributed by atoms with Gasteiger partial charge in [0.2, 0.25) is 0 Å². The Morgan fingerprint density at radius 2 is 1.89 bits per heavy atom. The molecule has 0 saturated heterocycles. The Morgan fingerprint density at radius 1 is 1.08 bits per heavy atom. The van der Waals surface area contributed by atoms with Crippen LogP contribution in [-0.2, 0) is 16.6 Å². The first-order valence-electron chi connectivity index (χ1n) is 12.1. The summed E-state index contributed by atoms with van der Waals surface area (Å²) in [6.07, 6.45) is 3.76. The molecule has 180 valence electrons. The summed E-state index contributed by atoms with van der Waals surface area (Å²) < 4.78 is 3.01. The lowest BCUT2D eigenvalue weighted by Crippen LogP contribution is -2.35. The number of pyridine rings is 1. The molecule has 1 amide bonds. The number of anilines is 1. The summed E-state index contributed by atoms with van der Waals surface area (Å²) in [6.45, 7) is 1.91. The molecule has 0 saturated carbocycles. The van der Waals surface area contributed by atoms with Gasteiger partial charge in [-0.1, -0.05) is 24.3 Å². The number of allylic oxidation sites excluding steroid dienone is 3. The Kier molecular flexibility index (Phi) is 5.52. The number of dihydropyridines is 1. The highest BCUT2D eigenvalue weighted by Gasteiger charge is 2.38. The zero-order valence-electron chi connectivity index (χ0n) is 20.1. The standard InChI is InChI=1S/C29H25BrN4O2/c1-16-26(29(36)33-25-13-11-18(30)15-31-25)27(28-21(32-16)7-5-9-24(28)35)17-10-12-23-20(14-17)19-6-3-4-8-22(19)34(23)2/h3-4,6,8,10-15,27,32H,5,7,9H2,1-2H3,(H,31,33,36)/t27-/m0/s1. The number of hydrogen-bond donors (Lipinski definition) is 2. The maximum Gasteiger partial charge on any atom is 0.255 e. The van der Waals surface area contributed by atoms with Gasteiger partial charge in [-0.05, 0) is 71.6 Å². The van der Waals surface area contributed by atoms with Crippen molar-refractivity contribution in [3.8, 4) is 0 Å². The van der Waals surface area contributed by atoms with Crippen LogP contribution in [0.15, 0.2) is 87.8 Å². The fraction of sp³-hybridized carbons (Fsp3) is 0.207. The van der Waals surface area contributed by atoms with Gasteiger partial charge < -0.3 is 15.2 Å². The van der Waals surface area contributed by atoms with E-state index in [0.29, 0.717) is 23.4 Å². The number of carbonyl (C=O) groups excluding carboxylic acids is 2. The molecule has 2 aliphatic rings. The van der Waals surface area contributed by atoms with Crippen LogP contribution >= 0.6 is 15.9 Å². The van der Waals surface area contributed by atoms with Crippen LogP contribution in [0.4, 0.5) is 5.82 Å². The van der Waals surface area contributed by atoms with E-state index in [-0.39, 0.29) is 11.7 Å². The number of nitrogens with one attached hydrogen (secondary N) is 2. The summed E-state index contributed by atoms with van der Waals surface area (Å²) in [7, 11) is 2.06. The van der Waals surface area contributed by atoms with Crippen molar-refractivity contribution in [2.24, 2.45) is 7.05 Å². The molecule has 7 heteroatoms. The molecule has 3 heterocycles. The SMILES string of the molecule is CC1=C(C(=O)Nc2ccc(Br)cn2)[C@H](c2ccc3c(c2)c2ccccc2n3C)C2=C(CCCC2=O)N1. The van der Waals surface area contributed by atoms with Crippen molar-refractivity contribution in [2.75, 3.05) is 5.32 Å². The van der Waals surface area contributed by atoms with E-state index in [9.17, 15) is 9.59 Å². The second-order valence-electron chi connectivity index (χ2n) is 9.43. The van der Waals surface area contributed by atoms with Crippen LogP contribution in [0.1, 0.15) is 37.7 Å². The van der Waals surface area contributed by atoms with Gasteiger partial charge in [0.1, 0.15) is 5.82 Å². The minimum absolute atomic E-state index is 0.103. The van der Waals surface area contributed by atoms with Gasteiger partial charge in [-0.2, -0.15) is 0 Å². The highest BCUT2D eigenvalue weighted by atomic mass is 79.9. The van der Waals surface area contributed by atoms with E-state index in [1.54, 1.807) is 12.3 Å². The summed E-state index contributed by atoms with van der Waals surface area (Å²) in [4.78, 5) is 31.3. The fourth-order valence-electron chi connectivity index (χ4n) is 5.62. The van der Waals surface area contributed by atoms with E-state index >= 15 is 0 Å². The number of Topliss-reactive ketones (excluding diaryl/α,β-unsaturated/α-hetero) is 1. The largest absolute Gasteiger partial charge is 0.362 e. The molecule has 4 aromatic rings. The van der Waals surface area contributed by atoms with Gasteiger partial charge in [-0.15, -0.1) is 0 Å². The van der Waals surface area contributed by atoms with Crippen molar-refractivity contribution >= 4 is 55.2 Å². The Labute approximate surface area is 217 Å². The summed E-state index contributed by atoms with van der Waals surface area (Å²) in [5.41, 5.74) is 6.16. The van der Waals surface area contributed by atoms with Crippen molar-refractivity contribution < 1.29 is 9.59 Å². The van der Waals surface area contributed by atoms with Gasteiger partial charge in [-0.25, -0.2) is 4.98 Å². The summed E-state index contributed by atoms with van der Waals surface area (Å²) in [6, 6.07) is 18.2. The molecule has 6 rings (SSSR count). The van der Waals surface area contributed by atoms with Crippen LogP contribution < -0.4 is 10.6 Å². The average molecular weight is 541 g/mol. The zero-order valence-corrected chi connectivity index (χ0v) is 21.6. The number of benzene rings is 2. The van der Waals surface area contributed by atoms with E-state index in [4.69, 9.17) is 0 Å². The van der Waals surface area contributed by atoms with Crippen LogP contribution in [0.5, 0.6) is 0 Å². The third kappa shape index (κ3) is 3.66. The lowest BCUT2D eigenvalue weighted by Gasteiger charge is -2.34. The summed E-state index contributed by atoms with van der Waals surface area (Å²) >= 11 is 3.38. The molecule has 2 aromatic carbocycles. The summed E-state index contributed by atoms with van der Waals surface area (Å²) in [5.74, 6) is -0.150. The Bertz CT molecular complexity index is 1630. The Balaban J connectivity index is 1.51. The number of amides is 1. The van der Waals surface area contributed by atoms with Gasteiger partial charge in [0, 0.05) is 74.4 Å². The molecule has 0 radical (unpaired) electrons. The van der Waals surface area contributed by atoms with Gasteiger partial charge in [0.25, 0.3) is 5.91 Å². The fourth-order valence-corrected chi connectivity index (χ4v) is 5.85. The second kappa shape index (κ2) is 8.75. The lowest BCUT2D eigenvalue weighted by molar-refractivity contribution is -0.116. The van der Waals surface area contributed by atoms with Crippen molar-refractivity contribution in [1.29, 1.82) is 0 Å². The molecule has 1 aliphatic carbocycles. The first-order valence-corrected chi connectivity index (χ1v) is 12.9. The molecule has 0 bridgehead atoms. The van der Waals surface area contributed by atoms with E-state index < -0.39 is 5.92 Å². The Hall–Kier alpha value is -3.71. The number of aryl methyl sites for hydroxylation is 1. The van der Waals surface area contributed by atoms with Gasteiger partial charge >= 0.3 is 0 Å². The van der Waals surface area contributed by atoms with Gasteiger partial charge in [0.05, 0.1) is 0 Å². The molecule has 0 fully saturated rings. The van der Waals surface area contributed by atoms with E-state index in [2.05, 4.69) is 73.5 Å². The number of carbonyl (C=O) groups is 2. The number of aromatic nitrogens is 2. The molecule has 2 N–H and O–H groups in total. The van der Waals surface area contributed by atoms with Crippen LogP contribution in [-0.4, -0.2) is 21.2 Å². The number of hydrogen-bond acceptors (Lipinski definition) is 4. The smallest absolute Gasteiger partial charge is 0.255 e. The normalized spacial score (nSPS) is 18.0. The third-order valence-corrected chi connectivity index (χ3v) is 7.73. The minimum atomic E-state index is -0.451. The van der Waals surface area contributed by atoms with E-state index in [0.717, 1.165) is 56.1 Å². The van der Waals surface area contributed by atoms with Gasteiger partial charge in [0.15, 0.2) is 5.78 Å². The number of nitrogens with zero attached hydrogens (tertiary/aromatic N) is 2. The van der Waals surface area contributed by atoms with Crippen LogP contribution in [0.25, 0.3) is 21.8 Å². The highest BCUT2D eigenvalue weighted by molar-refractivity contribution is 9.10. The molecule has 6 nitrogen and oxygen atoms in total. The molecule has 1 atom stereocenters. The van der Waals surface area contributed by atoms with Crippen LogP contribution in [0.2, 0.25) is 0 Å². The van der Waals surface area contributed by atoms with Crippen molar-refractivity contribution in [1.82, 2.24) is 14.9 Å². The number of fused-ring (bicyclic) bond motifs is 3.